The Kier molecular flexibility index (Phi) is 7.25. The van der Waals surface area contributed by atoms with Gasteiger partial charge in [0, 0.05) is 0 Å². The second-order valence-corrected chi connectivity index (χ2v) is 9.82. The third-order valence-electron chi connectivity index (χ3n) is 6.73. The highest BCUT2D eigenvalue weighted by Gasteiger charge is 2.30. The van der Waals surface area contributed by atoms with E-state index in [1.54, 1.807) is 0 Å². The van der Waals surface area contributed by atoms with Crippen molar-refractivity contribution < 1.29 is 13.2 Å². The number of hydrogen-bond acceptors (Lipinski definition) is 0. The highest BCUT2D eigenvalue weighted by Crippen LogP contribution is 2.42. The monoisotopic (exact) mass is 380 g/mol. The van der Waals surface area contributed by atoms with E-state index >= 15 is 0 Å². The van der Waals surface area contributed by atoms with Crippen molar-refractivity contribution in [3.05, 3.63) is 29.6 Å². The lowest BCUT2D eigenvalue weighted by Gasteiger charge is -2.38. The van der Waals surface area contributed by atoms with Crippen LogP contribution in [0.1, 0.15) is 71.1 Å². The summed E-state index contributed by atoms with van der Waals surface area (Å²) < 4.78 is 39.7. The van der Waals surface area contributed by atoms with Gasteiger partial charge in [-0.05, 0) is 61.5 Å². The maximum atomic E-state index is 13.3. The minimum absolute atomic E-state index is 0.373. The van der Waals surface area contributed by atoms with Gasteiger partial charge in [-0.25, -0.2) is 13.2 Å². The van der Waals surface area contributed by atoms with Crippen LogP contribution in [0.25, 0.3) is 0 Å². The van der Waals surface area contributed by atoms with Crippen LogP contribution in [0.15, 0.2) is 12.1 Å². The second kappa shape index (κ2) is 9.43. The highest BCUT2D eigenvalue weighted by atomic mass is 28.2. The highest BCUT2D eigenvalue weighted by molar-refractivity contribution is 6.53. The van der Waals surface area contributed by atoms with Gasteiger partial charge < -0.3 is 0 Å². The van der Waals surface area contributed by atoms with Crippen molar-refractivity contribution in [1.29, 1.82) is 0 Å². The summed E-state index contributed by atoms with van der Waals surface area (Å²) in [7, 11) is 0.373. The Balaban J connectivity index is 1.40. The molecule has 0 atom stereocenters. The topological polar surface area (TPSA) is 0 Å². The smallest absolute Gasteiger partial charge is 0.194 e. The standard InChI is InChI=1S/C22H31F3Si/c1-2-3-15-4-8-17(9-5-15)18-10-6-16(7-11-18)14-26-19-12-20(23)22(25)21(24)13-19/h12-13,15-18H,2-11,14H2,1H3. The summed E-state index contributed by atoms with van der Waals surface area (Å²) in [5.74, 6) is 0.00428. The molecule has 0 aliphatic heterocycles. The summed E-state index contributed by atoms with van der Waals surface area (Å²) in [6, 6.07) is 3.31. The van der Waals surface area contributed by atoms with Crippen LogP contribution in [-0.4, -0.2) is 9.52 Å². The Labute approximate surface area is 158 Å². The first kappa shape index (κ1) is 20.0. The van der Waals surface area contributed by atoms with Crippen molar-refractivity contribution >= 4 is 14.7 Å². The molecule has 0 unspecified atom stereocenters. The van der Waals surface area contributed by atoms with Crippen molar-refractivity contribution in [3.63, 3.8) is 0 Å². The van der Waals surface area contributed by atoms with Gasteiger partial charge in [0.1, 0.15) is 0 Å². The van der Waals surface area contributed by atoms with E-state index in [1.807, 2.05) is 0 Å². The van der Waals surface area contributed by atoms with Gasteiger partial charge in [-0.1, -0.05) is 56.7 Å². The molecule has 0 aromatic heterocycles. The van der Waals surface area contributed by atoms with Gasteiger partial charge in [0.05, 0.1) is 9.52 Å². The van der Waals surface area contributed by atoms with Crippen LogP contribution in [0.5, 0.6) is 0 Å². The van der Waals surface area contributed by atoms with Gasteiger partial charge in [0.25, 0.3) is 0 Å². The molecule has 2 aliphatic rings. The van der Waals surface area contributed by atoms with Crippen molar-refractivity contribution in [1.82, 2.24) is 0 Å². The maximum Gasteiger partial charge on any atom is 0.194 e. The summed E-state index contributed by atoms with van der Waals surface area (Å²) in [5.41, 5.74) is 0. The summed E-state index contributed by atoms with van der Waals surface area (Å²) >= 11 is 0. The zero-order chi connectivity index (χ0) is 18.5. The van der Waals surface area contributed by atoms with E-state index in [9.17, 15) is 13.2 Å². The summed E-state index contributed by atoms with van der Waals surface area (Å²) in [6.45, 7) is 2.29. The molecule has 0 saturated heterocycles. The molecular weight excluding hydrogens is 349 g/mol. The van der Waals surface area contributed by atoms with Crippen LogP contribution in [0.2, 0.25) is 6.04 Å². The van der Waals surface area contributed by atoms with Gasteiger partial charge in [0.2, 0.25) is 0 Å². The predicted molar refractivity (Wildman–Crippen MR) is 102 cm³/mol. The third kappa shape index (κ3) is 5.14. The normalized spacial score (nSPS) is 29.7. The van der Waals surface area contributed by atoms with E-state index in [4.69, 9.17) is 0 Å². The SMILES string of the molecule is CCCC1CCC(C2CCC(C[Si]c3cc(F)c(F)c(F)c3)CC2)CC1. The molecule has 2 saturated carbocycles. The maximum absolute atomic E-state index is 13.3. The molecule has 1 aromatic rings. The Bertz CT molecular complexity index is 550. The van der Waals surface area contributed by atoms with E-state index in [0.717, 1.165) is 35.9 Å². The van der Waals surface area contributed by atoms with Gasteiger partial charge in [-0.3, -0.25) is 0 Å². The van der Waals surface area contributed by atoms with Crippen molar-refractivity contribution in [2.24, 2.45) is 23.7 Å². The average Bonchev–Trinajstić information content (AvgIpc) is 2.66. The summed E-state index contributed by atoms with van der Waals surface area (Å²) in [6.07, 6.45) is 13.6. The predicted octanol–water partition coefficient (Wildman–Crippen LogP) is 6.26. The molecule has 4 heteroatoms. The zero-order valence-corrected chi connectivity index (χ0v) is 16.9. The lowest BCUT2D eigenvalue weighted by Crippen LogP contribution is -2.27. The van der Waals surface area contributed by atoms with Crippen LogP contribution in [0.3, 0.4) is 0 Å². The molecule has 0 bridgehead atoms. The molecular formula is C22H31F3Si. The van der Waals surface area contributed by atoms with Gasteiger partial charge in [0.15, 0.2) is 17.5 Å². The number of rotatable bonds is 6. The number of halogens is 3. The number of hydrogen-bond donors (Lipinski definition) is 0. The minimum Gasteiger partial charge on any atom is -0.204 e. The van der Waals surface area contributed by atoms with E-state index in [-0.39, 0.29) is 0 Å². The largest absolute Gasteiger partial charge is 0.204 e. The zero-order valence-electron chi connectivity index (χ0n) is 15.9. The second-order valence-electron chi connectivity index (χ2n) is 8.49. The van der Waals surface area contributed by atoms with Crippen LogP contribution in [0, 0.1) is 41.1 Å². The van der Waals surface area contributed by atoms with Crippen LogP contribution in [0.4, 0.5) is 13.2 Å². The van der Waals surface area contributed by atoms with Crippen molar-refractivity contribution in [2.45, 2.75) is 77.2 Å². The fourth-order valence-electron chi connectivity index (χ4n) is 5.14. The molecule has 0 spiro atoms. The molecule has 0 N–H and O–H groups in total. The Morgan fingerprint density at radius 3 is 1.81 bits per heavy atom. The van der Waals surface area contributed by atoms with Gasteiger partial charge in [-0.15, -0.1) is 0 Å². The number of benzene rings is 1. The summed E-state index contributed by atoms with van der Waals surface area (Å²) in [4.78, 5) is 0. The fourth-order valence-corrected chi connectivity index (χ4v) is 6.53. The van der Waals surface area contributed by atoms with E-state index in [2.05, 4.69) is 6.92 Å². The van der Waals surface area contributed by atoms with Crippen molar-refractivity contribution in [3.8, 4) is 0 Å². The first-order valence-electron chi connectivity index (χ1n) is 10.4. The van der Waals surface area contributed by atoms with Crippen molar-refractivity contribution in [2.75, 3.05) is 0 Å². The Hall–Kier alpha value is -0.773. The van der Waals surface area contributed by atoms with Crippen LogP contribution >= 0.6 is 0 Å². The van der Waals surface area contributed by atoms with E-state index < -0.39 is 17.5 Å². The Morgan fingerprint density at radius 2 is 1.31 bits per heavy atom. The first-order chi connectivity index (χ1) is 12.6. The summed E-state index contributed by atoms with van der Waals surface area (Å²) in [5, 5.41) is 0.609. The fraction of sp³-hybridized carbons (Fsp3) is 0.727. The molecule has 2 fully saturated rings. The van der Waals surface area contributed by atoms with Crippen LogP contribution < -0.4 is 5.19 Å². The molecule has 3 rings (SSSR count). The third-order valence-corrected chi connectivity index (χ3v) is 8.20. The molecule has 0 amide bonds. The van der Waals surface area contributed by atoms with Gasteiger partial charge in [-0.2, -0.15) is 0 Å². The first-order valence-corrected chi connectivity index (χ1v) is 11.7. The average molecular weight is 381 g/mol. The lowest BCUT2D eigenvalue weighted by molar-refractivity contribution is 0.147. The molecule has 144 valence electrons. The molecule has 2 aliphatic carbocycles. The molecule has 0 heterocycles. The van der Waals surface area contributed by atoms with Gasteiger partial charge >= 0.3 is 0 Å². The molecule has 26 heavy (non-hydrogen) atoms. The van der Waals surface area contributed by atoms with Crippen LogP contribution in [-0.2, 0) is 0 Å². The molecule has 0 nitrogen and oxygen atoms in total. The quantitative estimate of drug-likeness (QED) is 0.403. The molecule has 2 radical (unpaired) electrons. The molecule has 1 aromatic carbocycles. The Morgan fingerprint density at radius 1 is 0.808 bits per heavy atom. The minimum atomic E-state index is -1.35. The van der Waals surface area contributed by atoms with E-state index in [1.165, 1.54) is 64.2 Å². The lowest BCUT2D eigenvalue weighted by atomic mass is 9.69. The van der Waals surface area contributed by atoms with E-state index in [0.29, 0.717) is 20.6 Å².